The van der Waals surface area contributed by atoms with Gasteiger partial charge in [0.2, 0.25) is 15.9 Å². The molecule has 214 valence electrons. The molecule has 1 aliphatic heterocycles. The van der Waals surface area contributed by atoms with Crippen LogP contribution in [0.25, 0.3) is 0 Å². The summed E-state index contributed by atoms with van der Waals surface area (Å²) in [7, 11) is -3.95. The number of rotatable bonds is 7. The number of benzene rings is 4. The maximum absolute atomic E-state index is 14.2. The van der Waals surface area contributed by atoms with Crippen molar-refractivity contribution in [2.75, 3.05) is 10.6 Å². The maximum atomic E-state index is 14.2. The van der Waals surface area contributed by atoms with Crippen LogP contribution >= 0.6 is 0 Å². The lowest BCUT2D eigenvalue weighted by Crippen LogP contribution is -2.50. The summed E-state index contributed by atoms with van der Waals surface area (Å²) in [6, 6.07) is 26.3. The van der Waals surface area contributed by atoms with Gasteiger partial charge in [0.05, 0.1) is 4.90 Å². The SMILES string of the molecule is O=C(Nc1c2c(cc3c1CCC3)CCC2)C1Cc2ccccc2CN1S(=O)(=O)c1ccc(NCc2ccccc2)cc1. The van der Waals surface area contributed by atoms with E-state index in [1.165, 1.54) is 26.6 Å². The van der Waals surface area contributed by atoms with Gasteiger partial charge in [-0.2, -0.15) is 4.31 Å². The smallest absolute Gasteiger partial charge is 0.244 e. The summed E-state index contributed by atoms with van der Waals surface area (Å²) in [4.78, 5) is 14.3. The van der Waals surface area contributed by atoms with Crippen LogP contribution in [-0.2, 0) is 60.0 Å². The highest BCUT2D eigenvalue weighted by molar-refractivity contribution is 7.89. The molecule has 1 heterocycles. The standard InChI is InChI=1S/C35H35N3O3S/c39-35(37-34-31-14-6-12-26(31)20-27-13-7-15-32(27)34)33-21-25-10-4-5-11-28(25)23-38(33)42(40,41)30-18-16-29(17-19-30)36-22-24-8-2-1-3-9-24/h1-5,8-11,16-20,33,36H,6-7,12-15,21-23H2,(H,37,39). The molecule has 6 nitrogen and oxygen atoms in total. The molecule has 0 bridgehead atoms. The van der Waals surface area contributed by atoms with Crippen molar-refractivity contribution in [1.29, 1.82) is 0 Å². The van der Waals surface area contributed by atoms with Gasteiger partial charge in [0.25, 0.3) is 0 Å². The summed E-state index contributed by atoms with van der Waals surface area (Å²) in [6.45, 7) is 0.806. The normalized spacial score (nSPS) is 17.8. The van der Waals surface area contributed by atoms with E-state index >= 15 is 0 Å². The molecule has 3 aliphatic rings. The first-order valence-electron chi connectivity index (χ1n) is 14.9. The molecule has 7 rings (SSSR count). The predicted octanol–water partition coefficient (Wildman–Crippen LogP) is 6.03. The fraction of sp³-hybridized carbons (Fsp3) is 0.286. The molecule has 0 saturated carbocycles. The highest BCUT2D eigenvalue weighted by Gasteiger charge is 2.40. The van der Waals surface area contributed by atoms with Crippen LogP contribution in [0.4, 0.5) is 11.4 Å². The van der Waals surface area contributed by atoms with E-state index in [2.05, 4.69) is 16.7 Å². The number of hydrogen-bond donors (Lipinski definition) is 2. The Kier molecular flexibility index (Phi) is 7.08. The third-order valence-electron chi connectivity index (χ3n) is 9.03. The van der Waals surface area contributed by atoms with E-state index in [-0.39, 0.29) is 17.3 Å². The Bertz CT molecular complexity index is 1720. The number of carbonyl (C=O) groups excluding carboxylic acids is 1. The Morgan fingerprint density at radius 1 is 0.762 bits per heavy atom. The van der Waals surface area contributed by atoms with E-state index in [1.807, 2.05) is 54.6 Å². The third kappa shape index (κ3) is 5.01. The van der Waals surface area contributed by atoms with Crippen molar-refractivity contribution in [3.63, 3.8) is 0 Å². The highest BCUT2D eigenvalue weighted by Crippen LogP contribution is 2.39. The average Bonchev–Trinajstić information content (AvgIpc) is 3.70. The molecule has 0 aromatic heterocycles. The molecule has 0 saturated heterocycles. The van der Waals surface area contributed by atoms with Crippen molar-refractivity contribution in [3.05, 3.63) is 124 Å². The van der Waals surface area contributed by atoms with Gasteiger partial charge in [-0.05, 0) is 108 Å². The summed E-state index contributed by atoms with van der Waals surface area (Å²) >= 11 is 0. The lowest BCUT2D eigenvalue weighted by atomic mass is 9.94. The molecule has 1 unspecified atom stereocenters. The summed E-state index contributed by atoms with van der Waals surface area (Å²) in [6.07, 6.45) is 6.52. The van der Waals surface area contributed by atoms with Crippen molar-refractivity contribution in [2.24, 2.45) is 0 Å². The number of sulfonamides is 1. The third-order valence-corrected chi connectivity index (χ3v) is 10.9. The molecule has 0 radical (unpaired) electrons. The molecule has 4 aromatic carbocycles. The van der Waals surface area contributed by atoms with Crippen LogP contribution in [0.2, 0.25) is 0 Å². The number of fused-ring (bicyclic) bond motifs is 3. The van der Waals surface area contributed by atoms with Crippen LogP contribution in [0.15, 0.2) is 89.8 Å². The van der Waals surface area contributed by atoms with Crippen LogP contribution in [0.5, 0.6) is 0 Å². The van der Waals surface area contributed by atoms with E-state index in [9.17, 15) is 13.2 Å². The quantitative estimate of drug-likeness (QED) is 0.281. The minimum Gasteiger partial charge on any atom is -0.381 e. The average molecular weight is 578 g/mol. The van der Waals surface area contributed by atoms with Gasteiger partial charge >= 0.3 is 0 Å². The number of amides is 1. The van der Waals surface area contributed by atoms with Crippen molar-refractivity contribution < 1.29 is 13.2 Å². The molecule has 4 aromatic rings. The first-order valence-corrected chi connectivity index (χ1v) is 16.4. The zero-order chi connectivity index (χ0) is 28.7. The Hall–Kier alpha value is -3.94. The Balaban J connectivity index is 1.18. The number of nitrogens with one attached hydrogen (secondary N) is 2. The molecule has 2 aliphatic carbocycles. The van der Waals surface area contributed by atoms with Crippen molar-refractivity contribution in [1.82, 2.24) is 4.31 Å². The zero-order valence-electron chi connectivity index (χ0n) is 23.6. The number of carbonyl (C=O) groups is 1. The van der Waals surface area contributed by atoms with E-state index in [0.29, 0.717) is 13.0 Å². The van der Waals surface area contributed by atoms with Gasteiger partial charge in [0, 0.05) is 24.5 Å². The number of nitrogens with zero attached hydrogens (tertiary/aromatic N) is 1. The van der Waals surface area contributed by atoms with Gasteiger partial charge in [0.15, 0.2) is 0 Å². The molecule has 7 heteroatoms. The minimum atomic E-state index is -3.95. The largest absolute Gasteiger partial charge is 0.381 e. The van der Waals surface area contributed by atoms with Crippen LogP contribution in [0, 0.1) is 0 Å². The van der Waals surface area contributed by atoms with Crippen LogP contribution in [0.1, 0.15) is 51.8 Å². The molecule has 0 spiro atoms. The Morgan fingerprint density at radius 2 is 1.40 bits per heavy atom. The molecular formula is C35H35N3O3S. The van der Waals surface area contributed by atoms with Crippen LogP contribution in [0.3, 0.4) is 0 Å². The second kappa shape index (κ2) is 11.0. The van der Waals surface area contributed by atoms with Crippen molar-refractivity contribution >= 4 is 27.3 Å². The Morgan fingerprint density at radius 3 is 2.10 bits per heavy atom. The first kappa shape index (κ1) is 26.9. The fourth-order valence-corrected chi connectivity index (χ4v) is 8.39. The van der Waals surface area contributed by atoms with Gasteiger partial charge in [0.1, 0.15) is 6.04 Å². The molecule has 42 heavy (non-hydrogen) atoms. The van der Waals surface area contributed by atoms with E-state index in [4.69, 9.17) is 0 Å². The van der Waals surface area contributed by atoms with Gasteiger partial charge in [-0.15, -0.1) is 0 Å². The molecular weight excluding hydrogens is 542 g/mol. The molecule has 2 N–H and O–H groups in total. The second-order valence-electron chi connectivity index (χ2n) is 11.6. The van der Waals surface area contributed by atoms with Gasteiger partial charge in [-0.1, -0.05) is 60.7 Å². The van der Waals surface area contributed by atoms with Crippen molar-refractivity contribution in [2.45, 2.75) is 69.0 Å². The van der Waals surface area contributed by atoms with Gasteiger partial charge in [-0.25, -0.2) is 8.42 Å². The minimum absolute atomic E-state index is 0.162. The summed E-state index contributed by atoms with van der Waals surface area (Å²) in [5, 5.41) is 6.64. The van der Waals surface area contributed by atoms with E-state index in [0.717, 1.165) is 66.6 Å². The Labute approximate surface area is 247 Å². The lowest BCUT2D eigenvalue weighted by Gasteiger charge is -2.35. The zero-order valence-corrected chi connectivity index (χ0v) is 24.4. The van der Waals surface area contributed by atoms with Gasteiger partial charge < -0.3 is 10.6 Å². The van der Waals surface area contributed by atoms with Gasteiger partial charge in [-0.3, -0.25) is 4.79 Å². The number of aryl methyl sites for hydroxylation is 2. The first-order chi connectivity index (χ1) is 20.5. The molecule has 1 amide bonds. The topological polar surface area (TPSA) is 78.5 Å². The maximum Gasteiger partial charge on any atom is 0.244 e. The second-order valence-corrected chi connectivity index (χ2v) is 13.5. The fourth-order valence-electron chi connectivity index (χ4n) is 6.83. The highest BCUT2D eigenvalue weighted by atomic mass is 32.2. The van der Waals surface area contributed by atoms with Crippen LogP contribution in [-0.4, -0.2) is 24.7 Å². The number of hydrogen-bond acceptors (Lipinski definition) is 4. The van der Waals surface area contributed by atoms with Crippen molar-refractivity contribution in [3.8, 4) is 0 Å². The monoisotopic (exact) mass is 577 g/mol. The van der Waals surface area contributed by atoms with E-state index < -0.39 is 16.1 Å². The summed E-state index contributed by atoms with van der Waals surface area (Å²) in [5.74, 6) is -0.247. The van der Waals surface area contributed by atoms with Crippen LogP contribution < -0.4 is 10.6 Å². The van der Waals surface area contributed by atoms with E-state index in [1.54, 1.807) is 24.3 Å². The summed E-state index contributed by atoms with van der Waals surface area (Å²) < 4.78 is 29.7. The predicted molar refractivity (Wildman–Crippen MR) is 166 cm³/mol. The molecule has 1 atom stereocenters. The lowest BCUT2D eigenvalue weighted by molar-refractivity contribution is -0.120. The number of anilines is 2. The molecule has 0 fully saturated rings. The summed E-state index contributed by atoms with van der Waals surface area (Å²) in [5.41, 5.74) is 10.1.